The fourth-order valence-corrected chi connectivity index (χ4v) is 2.27. The molecule has 0 bridgehead atoms. The highest BCUT2D eigenvalue weighted by molar-refractivity contribution is 4.90. The molecule has 0 radical (unpaired) electrons. The number of rotatable bonds is 6. The van der Waals surface area contributed by atoms with Crippen molar-refractivity contribution in [1.29, 1.82) is 0 Å². The van der Waals surface area contributed by atoms with Crippen LogP contribution in [0.4, 0.5) is 0 Å². The van der Waals surface area contributed by atoms with Crippen molar-refractivity contribution in [3.63, 3.8) is 0 Å². The number of ether oxygens (including phenoxy) is 1. The molecule has 0 unspecified atom stereocenters. The minimum absolute atomic E-state index is 0.297. The van der Waals surface area contributed by atoms with Crippen LogP contribution in [0.5, 0.6) is 0 Å². The second kappa shape index (κ2) is 6.09. The molecule has 5 nitrogen and oxygen atoms in total. The second-order valence-electron chi connectivity index (χ2n) is 5.03. The standard InChI is InChI=1S/C11H22N4O/c1-4-16-8-10-7-15(6-5-13-14-12)9-11(10,2)3/h10H,4-9H2,1-3H3/t10-/m0/s1. The van der Waals surface area contributed by atoms with Gasteiger partial charge in [-0.15, -0.1) is 0 Å². The lowest BCUT2D eigenvalue weighted by atomic mass is 9.83. The first-order valence-electron chi connectivity index (χ1n) is 5.91. The third kappa shape index (κ3) is 3.67. The minimum Gasteiger partial charge on any atom is -0.381 e. The van der Waals surface area contributed by atoms with Crippen molar-refractivity contribution in [2.24, 2.45) is 16.4 Å². The molecule has 0 spiro atoms. The molecule has 0 saturated carbocycles. The first-order chi connectivity index (χ1) is 7.60. The van der Waals surface area contributed by atoms with Gasteiger partial charge >= 0.3 is 0 Å². The Labute approximate surface area is 97.4 Å². The number of hydrogen-bond donors (Lipinski definition) is 0. The van der Waals surface area contributed by atoms with Gasteiger partial charge in [0.1, 0.15) is 0 Å². The Morgan fingerprint density at radius 1 is 1.56 bits per heavy atom. The molecule has 0 aliphatic carbocycles. The van der Waals surface area contributed by atoms with E-state index in [9.17, 15) is 0 Å². The van der Waals surface area contributed by atoms with Crippen LogP contribution >= 0.6 is 0 Å². The summed E-state index contributed by atoms with van der Waals surface area (Å²) in [5, 5.41) is 3.58. The number of likely N-dealkylation sites (tertiary alicyclic amines) is 1. The van der Waals surface area contributed by atoms with Gasteiger partial charge in [0.25, 0.3) is 0 Å². The zero-order valence-electron chi connectivity index (χ0n) is 10.5. The number of nitrogens with zero attached hydrogens (tertiary/aromatic N) is 4. The Morgan fingerprint density at radius 2 is 2.31 bits per heavy atom. The molecule has 0 N–H and O–H groups in total. The largest absolute Gasteiger partial charge is 0.381 e. The lowest BCUT2D eigenvalue weighted by molar-refractivity contribution is 0.0797. The lowest BCUT2D eigenvalue weighted by Gasteiger charge is -2.25. The molecular formula is C11H22N4O. The van der Waals surface area contributed by atoms with Crippen molar-refractivity contribution in [2.75, 3.05) is 39.4 Å². The maximum Gasteiger partial charge on any atom is 0.0511 e. The number of hydrogen-bond acceptors (Lipinski definition) is 3. The van der Waals surface area contributed by atoms with Crippen LogP contribution in [-0.4, -0.2) is 44.3 Å². The van der Waals surface area contributed by atoms with E-state index in [1.165, 1.54) is 0 Å². The van der Waals surface area contributed by atoms with Crippen molar-refractivity contribution in [2.45, 2.75) is 20.8 Å². The molecule has 5 heteroatoms. The van der Waals surface area contributed by atoms with Crippen LogP contribution in [0.15, 0.2) is 5.11 Å². The van der Waals surface area contributed by atoms with Gasteiger partial charge in [0.15, 0.2) is 0 Å². The molecule has 1 saturated heterocycles. The fourth-order valence-electron chi connectivity index (χ4n) is 2.27. The van der Waals surface area contributed by atoms with E-state index in [0.717, 1.165) is 32.8 Å². The summed E-state index contributed by atoms with van der Waals surface area (Å²) in [6.07, 6.45) is 0. The van der Waals surface area contributed by atoms with Gasteiger partial charge in [0.05, 0.1) is 6.61 Å². The molecule has 0 aromatic heterocycles. The predicted octanol–water partition coefficient (Wildman–Crippen LogP) is 2.29. The molecule has 1 rings (SSSR count). The smallest absolute Gasteiger partial charge is 0.0511 e. The molecular weight excluding hydrogens is 204 g/mol. The van der Waals surface area contributed by atoms with Crippen molar-refractivity contribution in [1.82, 2.24) is 4.90 Å². The maximum absolute atomic E-state index is 8.23. The van der Waals surface area contributed by atoms with Gasteiger partial charge in [0, 0.05) is 43.6 Å². The van der Waals surface area contributed by atoms with Gasteiger partial charge < -0.3 is 9.64 Å². The summed E-state index contributed by atoms with van der Waals surface area (Å²) >= 11 is 0. The zero-order valence-corrected chi connectivity index (χ0v) is 10.5. The Bertz CT molecular complexity index is 261. The third-order valence-corrected chi connectivity index (χ3v) is 3.32. The molecule has 1 heterocycles. The average molecular weight is 226 g/mol. The highest BCUT2D eigenvalue weighted by Crippen LogP contribution is 2.35. The first-order valence-corrected chi connectivity index (χ1v) is 5.91. The van der Waals surface area contributed by atoms with Gasteiger partial charge in [-0.1, -0.05) is 19.0 Å². The van der Waals surface area contributed by atoms with Crippen LogP contribution in [0.3, 0.4) is 0 Å². The van der Waals surface area contributed by atoms with Gasteiger partial charge in [-0.05, 0) is 17.9 Å². The summed E-state index contributed by atoms with van der Waals surface area (Å²) in [4.78, 5) is 5.13. The molecule has 1 aliphatic rings. The zero-order chi connectivity index (χ0) is 12.0. The van der Waals surface area contributed by atoms with Gasteiger partial charge in [-0.3, -0.25) is 0 Å². The minimum atomic E-state index is 0.297. The molecule has 1 atom stereocenters. The molecule has 16 heavy (non-hydrogen) atoms. The topological polar surface area (TPSA) is 61.2 Å². The van der Waals surface area contributed by atoms with Crippen LogP contribution in [0.1, 0.15) is 20.8 Å². The van der Waals surface area contributed by atoms with E-state index in [2.05, 4.69) is 28.8 Å². The van der Waals surface area contributed by atoms with E-state index < -0.39 is 0 Å². The second-order valence-corrected chi connectivity index (χ2v) is 5.03. The van der Waals surface area contributed by atoms with Crippen molar-refractivity contribution < 1.29 is 4.74 Å². The Kier molecular flexibility index (Phi) is 5.06. The maximum atomic E-state index is 8.23. The molecule has 1 aliphatic heterocycles. The van der Waals surface area contributed by atoms with E-state index in [4.69, 9.17) is 10.3 Å². The summed E-state index contributed by atoms with van der Waals surface area (Å²) in [6.45, 7) is 11.7. The first kappa shape index (κ1) is 13.3. The summed E-state index contributed by atoms with van der Waals surface area (Å²) < 4.78 is 5.52. The lowest BCUT2D eigenvalue weighted by Crippen LogP contribution is -2.26. The van der Waals surface area contributed by atoms with E-state index in [-0.39, 0.29) is 0 Å². The molecule has 0 aromatic carbocycles. The van der Waals surface area contributed by atoms with Crippen LogP contribution in [0.2, 0.25) is 0 Å². The van der Waals surface area contributed by atoms with Crippen molar-refractivity contribution >= 4 is 0 Å². The summed E-state index contributed by atoms with van der Waals surface area (Å²) in [5.41, 5.74) is 8.53. The quantitative estimate of drug-likeness (QED) is 0.396. The molecule has 92 valence electrons. The van der Waals surface area contributed by atoms with Crippen molar-refractivity contribution in [3.8, 4) is 0 Å². The summed E-state index contributed by atoms with van der Waals surface area (Å²) in [5.74, 6) is 0.582. The Balaban J connectivity index is 2.40. The highest BCUT2D eigenvalue weighted by atomic mass is 16.5. The molecule has 1 fully saturated rings. The Morgan fingerprint density at radius 3 is 2.94 bits per heavy atom. The van der Waals surface area contributed by atoms with Crippen LogP contribution < -0.4 is 0 Å². The molecule has 0 aromatic rings. The number of azide groups is 1. The van der Waals surface area contributed by atoms with E-state index in [0.29, 0.717) is 17.9 Å². The summed E-state index contributed by atoms with van der Waals surface area (Å²) in [7, 11) is 0. The van der Waals surface area contributed by atoms with Crippen LogP contribution in [0, 0.1) is 11.3 Å². The fraction of sp³-hybridized carbons (Fsp3) is 1.00. The van der Waals surface area contributed by atoms with Gasteiger partial charge in [-0.25, -0.2) is 0 Å². The monoisotopic (exact) mass is 226 g/mol. The SMILES string of the molecule is CCOC[C@@H]1CN(CCN=[N+]=[N-])CC1(C)C. The predicted molar refractivity (Wildman–Crippen MR) is 64.2 cm³/mol. The van der Waals surface area contributed by atoms with E-state index in [1.807, 2.05) is 6.92 Å². The summed E-state index contributed by atoms with van der Waals surface area (Å²) in [6, 6.07) is 0. The normalized spacial score (nSPS) is 24.3. The molecule has 0 amide bonds. The van der Waals surface area contributed by atoms with Crippen molar-refractivity contribution in [3.05, 3.63) is 10.4 Å². The van der Waals surface area contributed by atoms with Crippen LogP contribution in [-0.2, 0) is 4.74 Å². The highest BCUT2D eigenvalue weighted by Gasteiger charge is 2.38. The van der Waals surface area contributed by atoms with Gasteiger partial charge in [-0.2, -0.15) is 0 Å². The van der Waals surface area contributed by atoms with Gasteiger partial charge in [0.2, 0.25) is 0 Å². The van der Waals surface area contributed by atoms with E-state index >= 15 is 0 Å². The Hall–Kier alpha value is -0.770. The third-order valence-electron chi connectivity index (χ3n) is 3.32. The average Bonchev–Trinajstić information content (AvgIpc) is 2.51. The van der Waals surface area contributed by atoms with Crippen LogP contribution in [0.25, 0.3) is 10.4 Å². The van der Waals surface area contributed by atoms with E-state index in [1.54, 1.807) is 0 Å².